The summed E-state index contributed by atoms with van der Waals surface area (Å²) in [6, 6.07) is 8.06. The molecule has 0 aliphatic rings. The lowest BCUT2D eigenvalue weighted by Gasteiger charge is -2.12. The van der Waals surface area contributed by atoms with Crippen molar-refractivity contribution in [3.05, 3.63) is 54.4 Å². The molecule has 0 radical (unpaired) electrons. The molecule has 2 aromatic rings. The van der Waals surface area contributed by atoms with Gasteiger partial charge in [-0.05, 0) is 24.3 Å². The van der Waals surface area contributed by atoms with Crippen molar-refractivity contribution < 1.29 is 17.9 Å². The van der Waals surface area contributed by atoms with Gasteiger partial charge in [0.1, 0.15) is 11.5 Å². The van der Waals surface area contributed by atoms with E-state index in [2.05, 4.69) is 4.98 Å². The number of hydrogen-bond acceptors (Lipinski definition) is 2. The van der Waals surface area contributed by atoms with Gasteiger partial charge in [0.15, 0.2) is 0 Å². The Kier molecular flexibility index (Phi) is 2.99. The number of benzene rings is 1. The smallest absolute Gasteiger partial charge is 0.419 e. The minimum atomic E-state index is -4.43. The number of rotatable bonds is 2. The Bertz CT molecular complexity index is 497. The van der Waals surface area contributed by atoms with Crippen LogP contribution >= 0.6 is 0 Å². The van der Waals surface area contributed by atoms with Crippen LogP contribution in [-0.2, 0) is 6.18 Å². The van der Waals surface area contributed by atoms with Crippen LogP contribution in [0.2, 0.25) is 0 Å². The molecule has 1 aromatic carbocycles. The van der Waals surface area contributed by atoms with E-state index in [0.29, 0.717) is 5.75 Å². The lowest BCUT2D eigenvalue weighted by molar-refractivity contribution is -0.138. The summed E-state index contributed by atoms with van der Waals surface area (Å²) in [5, 5.41) is 0. The fourth-order valence-electron chi connectivity index (χ4n) is 1.32. The van der Waals surface area contributed by atoms with Gasteiger partial charge in [-0.3, -0.25) is 4.98 Å². The maximum atomic E-state index is 12.7. The van der Waals surface area contributed by atoms with Crippen LogP contribution in [-0.4, -0.2) is 4.98 Å². The highest BCUT2D eigenvalue weighted by molar-refractivity contribution is 5.38. The highest BCUT2D eigenvalue weighted by Crippen LogP contribution is 2.37. The summed E-state index contributed by atoms with van der Waals surface area (Å²) >= 11 is 0. The SMILES string of the molecule is FC(F)(F)c1ccccc1Oc1ccncc1. The molecule has 0 spiro atoms. The average molecular weight is 239 g/mol. The molecule has 1 aromatic heterocycles. The first-order valence-electron chi connectivity index (χ1n) is 4.81. The maximum absolute atomic E-state index is 12.7. The zero-order chi connectivity index (χ0) is 12.3. The van der Waals surface area contributed by atoms with Gasteiger partial charge in [0.2, 0.25) is 0 Å². The molecule has 88 valence electrons. The molecule has 5 heteroatoms. The second kappa shape index (κ2) is 4.45. The topological polar surface area (TPSA) is 22.1 Å². The molecule has 0 aliphatic heterocycles. The molecule has 0 saturated heterocycles. The molecular weight excluding hydrogens is 231 g/mol. The Hall–Kier alpha value is -2.04. The summed E-state index contributed by atoms with van der Waals surface area (Å²) in [6.45, 7) is 0. The summed E-state index contributed by atoms with van der Waals surface area (Å²) in [4.78, 5) is 3.76. The summed E-state index contributed by atoms with van der Waals surface area (Å²) in [5.74, 6) is 0.0999. The van der Waals surface area contributed by atoms with E-state index in [1.807, 2.05) is 0 Å². The van der Waals surface area contributed by atoms with Gasteiger partial charge in [-0.15, -0.1) is 0 Å². The van der Waals surface area contributed by atoms with Crippen molar-refractivity contribution in [2.24, 2.45) is 0 Å². The largest absolute Gasteiger partial charge is 0.457 e. The third-order valence-electron chi connectivity index (χ3n) is 2.07. The van der Waals surface area contributed by atoms with Gasteiger partial charge in [0.25, 0.3) is 0 Å². The van der Waals surface area contributed by atoms with Crippen LogP contribution < -0.4 is 4.74 Å². The molecule has 17 heavy (non-hydrogen) atoms. The van der Waals surface area contributed by atoms with Gasteiger partial charge < -0.3 is 4.74 Å². The minimum absolute atomic E-state index is 0.216. The van der Waals surface area contributed by atoms with Crippen molar-refractivity contribution in [2.45, 2.75) is 6.18 Å². The summed E-state index contributed by atoms with van der Waals surface area (Å²) in [6.07, 6.45) is -1.53. The van der Waals surface area contributed by atoms with Gasteiger partial charge in [-0.1, -0.05) is 12.1 Å². The van der Waals surface area contributed by atoms with E-state index in [1.165, 1.54) is 42.7 Å². The molecule has 0 bridgehead atoms. The van der Waals surface area contributed by atoms with Crippen molar-refractivity contribution in [1.82, 2.24) is 4.98 Å². The number of pyridine rings is 1. The maximum Gasteiger partial charge on any atom is 0.419 e. The molecule has 2 rings (SSSR count). The fourth-order valence-corrected chi connectivity index (χ4v) is 1.32. The minimum Gasteiger partial charge on any atom is -0.457 e. The van der Waals surface area contributed by atoms with Gasteiger partial charge in [-0.2, -0.15) is 13.2 Å². The Morgan fingerprint density at radius 3 is 2.24 bits per heavy atom. The van der Waals surface area contributed by atoms with Gasteiger partial charge in [0.05, 0.1) is 5.56 Å². The Labute approximate surface area is 95.7 Å². The molecule has 0 aliphatic carbocycles. The summed E-state index contributed by atoms with van der Waals surface area (Å²) in [7, 11) is 0. The number of nitrogens with zero attached hydrogens (tertiary/aromatic N) is 1. The predicted molar refractivity (Wildman–Crippen MR) is 55.8 cm³/mol. The normalized spacial score (nSPS) is 11.2. The Morgan fingerprint density at radius 2 is 1.59 bits per heavy atom. The number of ether oxygens (including phenoxy) is 1. The van der Waals surface area contributed by atoms with Gasteiger partial charge in [0, 0.05) is 12.4 Å². The summed E-state index contributed by atoms with van der Waals surface area (Å²) in [5.41, 5.74) is -0.795. The predicted octanol–water partition coefficient (Wildman–Crippen LogP) is 3.89. The standard InChI is InChI=1S/C12H8F3NO/c13-12(14,15)10-3-1-2-4-11(10)17-9-5-7-16-8-6-9/h1-8H. The van der Waals surface area contributed by atoms with E-state index in [1.54, 1.807) is 0 Å². The number of para-hydroxylation sites is 1. The average Bonchev–Trinajstić information content (AvgIpc) is 2.30. The molecule has 1 heterocycles. The van der Waals surface area contributed by atoms with Gasteiger partial charge in [-0.25, -0.2) is 0 Å². The third kappa shape index (κ3) is 2.75. The number of halogens is 3. The van der Waals surface area contributed by atoms with Crippen molar-refractivity contribution >= 4 is 0 Å². The van der Waals surface area contributed by atoms with E-state index in [4.69, 9.17) is 4.74 Å². The lowest BCUT2D eigenvalue weighted by Crippen LogP contribution is -2.06. The molecule has 0 amide bonds. The zero-order valence-electron chi connectivity index (χ0n) is 8.61. The quantitative estimate of drug-likeness (QED) is 0.793. The molecular formula is C12H8F3NO. The second-order valence-electron chi connectivity index (χ2n) is 3.28. The highest BCUT2D eigenvalue weighted by atomic mass is 19.4. The molecule has 0 N–H and O–H groups in total. The Balaban J connectivity index is 2.34. The number of hydrogen-bond donors (Lipinski definition) is 0. The van der Waals surface area contributed by atoms with E-state index in [9.17, 15) is 13.2 Å². The van der Waals surface area contributed by atoms with E-state index >= 15 is 0 Å². The van der Waals surface area contributed by atoms with Crippen molar-refractivity contribution in [3.8, 4) is 11.5 Å². The molecule has 0 atom stereocenters. The van der Waals surface area contributed by atoms with Crippen molar-refractivity contribution in [3.63, 3.8) is 0 Å². The first kappa shape index (κ1) is 11.4. The molecule has 0 saturated carbocycles. The van der Waals surface area contributed by atoms with E-state index in [-0.39, 0.29) is 5.75 Å². The van der Waals surface area contributed by atoms with Crippen LogP contribution in [0, 0.1) is 0 Å². The monoisotopic (exact) mass is 239 g/mol. The number of alkyl halides is 3. The highest BCUT2D eigenvalue weighted by Gasteiger charge is 2.34. The van der Waals surface area contributed by atoms with Crippen LogP contribution in [0.4, 0.5) is 13.2 Å². The fraction of sp³-hybridized carbons (Fsp3) is 0.0833. The molecule has 2 nitrogen and oxygen atoms in total. The van der Waals surface area contributed by atoms with E-state index in [0.717, 1.165) is 6.07 Å². The molecule has 0 fully saturated rings. The Morgan fingerprint density at radius 1 is 0.941 bits per heavy atom. The van der Waals surface area contributed by atoms with Crippen LogP contribution in [0.25, 0.3) is 0 Å². The van der Waals surface area contributed by atoms with E-state index < -0.39 is 11.7 Å². The van der Waals surface area contributed by atoms with Crippen molar-refractivity contribution in [1.29, 1.82) is 0 Å². The molecule has 0 unspecified atom stereocenters. The van der Waals surface area contributed by atoms with Crippen LogP contribution in [0.15, 0.2) is 48.8 Å². The first-order valence-corrected chi connectivity index (χ1v) is 4.81. The van der Waals surface area contributed by atoms with Crippen molar-refractivity contribution in [2.75, 3.05) is 0 Å². The number of aromatic nitrogens is 1. The summed E-state index contributed by atoms with van der Waals surface area (Å²) < 4.78 is 43.2. The lowest BCUT2D eigenvalue weighted by atomic mass is 10.2. The van der Waals surface area contributed by atoms with Crippen LogP contribution in [0.1, 0.15) is 5.56 Å². The third-order valence-corrected chi connectivity index (χ3v) is 2.07. The second-order valence-corrected chi connectivity index (χ2v) is 3.28. The van der Waals surface area contributed by atoms with Gasteiger partial charge >= 0.3 is 6.18 Å². The zero-order valence-corrected chi connectivity index (χ0v) is 8.61. The first-order chi connectivity index (χ1) is 8.07. The van der Waals surface area contributed by atoms with Crippen LogP contribution in [0.5, 0.6) is 11.5 Å². The van der Waals surface area contributed by atoms with Crippen LogP contribution in [0.3, 0.4) is 0 Å².